The molecule has 0 heterocycles. The maximum absolute atomic E-state index is 10.7. The van der Waals surface area contributed by atoms with Crippen molar-refractivity contribution in [2.24, 2.45) is 23.7 Å². The van der Waals surface area contributed by atoms with E-state index in [0.717, 1.165) is 19.3 Å². The maximum atomic E-state index is 10.7. The summed E-state index contributed by atoms with van der Waals surface area (Å²) in [6.07, 6.45) is 2.37. The Hall–Kier alpha value is 0.940. The molecule has 2 bridgehead atoms. The molecule has 0 radical (unpaired) electrons. The molecule has 0 aromatic rings. The standard InChI is InChI=1S/C9H12O4.2Na/c10-8(11)6-4-1-2-5(3-4)7(6)9(12)13;;/h4-7H,1-3H2,(H,10,11)(H,12,13);;/q;2*+1/p-2/t4-,5+,6?,7?;;. The zero-order valence-electron chi connectivity index (χ0n) is 9.06. The molecule has 0 saturated heterocycles. The summed E-state index contributed by atoms with van der Waals surface area (Å²) in [5.74, 6) is -4.02. The molecule has 6 heteroatoms. The van der Waals surface area contributed by atoms with Gasteiger partial charge in [-0.05, 0) is 31.1 Å². The van der Waals surface area contributed by atoms with E-state index in [4.69, 9.17) is 0 Å². The van der Waals surface area contributed by atoms with Gasteiger partial charge in [0.05, 0.1) is 0 Å². The van der Waals surface area contributed by atoms with Gasteiger partial charge in [0.1, 0.15) is 0 Å². The predicted molar refractivity (Wildman–Crippen MR) is 37.8 cm³/mol. The number of fused-ring (bicyclic) bond motifs is 2. The molecule has 0 aromatic carbocycles. The van der Waals surface area contributed by atoms with Crippen molar-refractivity contribution in [3.05, 3.63) is 0 Å². The summed E-state index contributed by atoms with van der Waals surface area (Å²) >= 11 is 0. The van der Waals surface area contributed by atoms with Gasteiger partial charge in [-0.15, -0.1) is 0 Å². The molecule has 2 rings (SSSR count). The first-order chi connectivity index (χ1) is 6.11. The molecule has 0 spiro atoms. The molecule has 72 valence electrons. The largest absolute Gasteiger partial charge is 1.00 e. The van der Waals surface area contributed by atoms with Crippen molar-refractivity contribution < 1.29 is 78.9 Å². The molecule has 2 fully saturated rings. The zero-order valence-corrected chi connectivity index (χ0v) is 13.1. The Morgan fingerprint density at radius 3 is 1.47 bits per heavy atom. The van der Waals surface area contributed by atoms with Crippen LogP contribution in [0.2, 0.25) is 0 Å². The van der Waals surface area contributed by atoms with Crippen molar-refractivity contribution in [3.8, 4) is 0 Å². The van der Waals surface area contributed by atoms with Gasteiger partial charge in [-0.25, -0.2) is 0 Å². The van der Waals surface area contributed by atoms with Crippen molar-refractivity contribution in [2.45, 2.75) is 19.3 Å². The summed E-state index contributed by atoms with van der Waals surface area (Å²) in [5, 5.41) is 21.4. The Balaban J connectivity index is 0.000000980. The van der Waals surface area contributed by atoms with Crippen LogP contribution in [0.5, 0.6) is 0 Å². The van der Waals surface area contributed by atoms with Crippen molar-refractivity contribution in [3.63, 3.8) is 0 Å². The Bertz CT molecular complexity index is 243. The summed E-state index contributed by atoms with van der Waals surface area (Å²) in [5.41, 5.74) is 0. The van der Waals surface area contributed by atoms with E-state index < -0.39 is 23.8 Å². The van der Waals surface area contributed by atoms with Crippen LogP contribution in [0.4, 0.5) is 0 Å². The van der Waals surface area contributed by atoms with Gasteiger partial charge in [0.25, 0.3) is 0 Å². The third-order valence-electron chi connectivity index (χ3n) is 3.46. The summed E-state index contributed by atoms with van der Waals surface area (Å²) in [6.45, 7) is 0. The first-order valence-electron chi connectivity index (χ1n) is 4.53. The molecule has 2 saturated carbocycles. The van der Waals surface area contributed by atoms with Crippen LogP contribution in [-0.2, 0) is 9.59 Å². The Labute approximate surface area is 132 Å². The molecular formula is C9H10Na2O4. The third kappa shape index (κ3) is 2.79. The fourth-order valence-corrected chi connectivity index (χ4v) is 2.97. The topological polar surface area (TPSA) is 80.3 Å². The fraction of sp³-hybridized carbons (Fsp3) is 0.778. The number of carbonyl (C=O) groups excluding carboxylic acids is 2. The maximum Gasteiger partial charge on any atom is 1.00 e. The summed E-state index contributed by atoms with van der Waals surface area (Å²) in [7, 11) is 0. The van der Waals surface area contributed by atoms with E-state index in [1.807, 2.05) is 0 Å². The molecule has 15 heavy (non-hydrogen) atoms. The molecule has 0 N–H and O–H groups in total. The first kappa shape index (κ1) is 15.9. The second-order valence-corrected chi connectivity index (χ2v) is 4.02. The molecule has 0 aliphatic heterocycles. The summed E-state index contributed by atoms with van der Waals surface area (Å²) in [6, 6.07) is 0. The summed E-state index contributed by atoms with van der Waals surface area (Å²) in [4.78, 5) is 21.4. The van der Waals surface area contributed by atoms with Crippen LogP contribution in [-0.4, -0.2) is 11.9 Å². The average molecular weight is 228 g/mol. The number of carboxylic acids is 2. The Kier molecular flexibility index (Phi) is 6.41. The SMILES string of the molecule is O=C([O-])C1C(C(=O)[O-])[C@H]2CC[C@@H]1C2.[Na+].[Na+]. The second-order valence-electron chi connectivity index (χ2n) is 4.02. The van der Waals surface area contributed by atoms with Gasteiger partial charge in [0, 0.05) is 23.8 Å². The minimum absolute atomic E-state index is 0. The van der Waals surface area contributed by atoms with E-state index >= 15 is 0 Å². The minimum Gasteiger partial charge on any atom is -0.550 e. The average Bonchev–Trinajstić information content (AvgIpc) is 2.60. The van der Waals surface area contributed by atoms with Crippen LogP contribution in [0.3, 0.4) is 0 Å². The van der Waals surface area contributed by atoms with Crippen LogP contribution in [0, 0.1) is 23.7 Å². The van der Waals surface area contributed by atoms with E-state index in [9.17, 15) is 19.8 Å². The Morgan fingerprint density at radius 2 is 1.20 bits per heavy atom. The normalized spacial score (nSPS) is 36.5. The smallest absolute Gasteiger partial charge is 0.550 e. The van der Waals surface area contributed by atoms with E-state index in [2.05, 4.69) is 0 Å². The number of carboxylic acid groups (broad SMARTS) is 2. The molecule has 0 aromatic heterocycles. The monoisotopic (exact) mass is 228 g/mol. The molecule has 2 aliphatic carbocycles. The fourth-order valence-electron chi connectivity index (χ4n) is 2.97. The molecule has 2 aliphatic rings. The van der Waals surface area contributed by atoms with Crippen molar-refractivity contribution in [2.75, 3.05) is 0 Å². The molecule has 4 atom stereocenters. The van der Waals surface area contributed by atoms with Crippen molar-refractivity contribution >= 4 is 11.9 Å². The summed E-state index contributed by atoms with van der Waals surface area (Å²) < 4.78 is 0. The van der Waals surface area contributed by atoms with Gasteiger partial charge < -0.3 is 19.8 Å². The van der Waals surface area contributed by atoms with E-state index in [1.54, 1.807) is 0 Å². The van der Waals surface area contributed by atoms with Gasteiger partial charge in [0.15, 0.2) is 0 Å². The second kappa shape index (κ2) is 6.03. The third-order valence-corrected chi connectivity index (χ3v) is 3.46. The predicted octanol–water partition coefficient (Wildman–Crippen LogP) is -7.84. The molecule has 0 amide bonds. The van der Waals surface area contributed by atoms with E-state index in [-0.39, 0.29) is 71.0 Å². The van der Waals surface area contributed by atoms with Gasteiger partial charge in [-0.1, -0.05) is 0 Å². The van der Waals surface area contributed by atoms with Crippen LogP contribution >= 0.6 is 0 Å². The molecular weight excluding hydrogens is 218 g/mol. The van der Waals surface area contributed by atoms with Crippen LogP contribution in [0.15, 0.2) is 0 Å². The number of hydrogen-bond donors (Lipinski definition) is 0. The molecule has 4 nitrogen and oxygen atoms in total. The van der Waals surface area contributed by atoms with Gasteiger partial charge >= 0.3 is 59.1 Å². The zero-order chi connectivity index (χ0) is 9.59. The van der Waals surface area contributed by atoms with Crippen LogP contribution < -0.4 is 69.3 Å². The van der Waals surface area contributed by atoms with Crippen LogP contribution in [0.1, 0.15) is 19.3 Å². The number of aliphatic carboxylic acids is 2. The number of rotatable bonds is 2. The quantitative estimate of drug-likeness (QED) is 0.440. The van der Waals surface area contributed by atoms with Crippen molar-refractivity contribution in [1.82, 2.24) is 0 Å². The Morgan fingerprint density at radius 1 is 0.867 bits per heavy atom. The first-order valence-corrected chi connectivity index (χ1v) is 4.53. The number of carbonyl (C=O) groups is 2. The minimum atomic E-state index is -1.22. The van der Waals surface area contributed by atoms with Gasteiger partial charge in [0.2, 0.25) is 0 Å². The van der Waals surface area contributed by atoms with Gasteiger partial charge in [-0.2, -0.15) is 0 Å². The van der Waals surface area contributed by atoms with E-state index in [1.165, 1.54) is 0 Å². The molecule has 2 unspecified atom stereocenters. The number of hydrogen-bond acceptors (Lipinski definition) is 4. The van der Waals surface area contributed by atoms with Crippen LogP contribution in [0.25, 0.3) is 0 Å². The van der Waals surface area contributed by atoms with Gasteiger partial charge in [-0.3, -0.25) is 0 Å². The van der Waals surface area contributed by atoms with E-state index in [0.29, 0.717) is 0 Å². The van der Waals surface area contributed by atoms with Crippen molar-refractivity contribution in [1.29, 1.82) is 0 Å².